The number of carbonyl (C=O) groups excluding carboxylic acids is 1. The highest BCUT2D eigenvalue weighted by molar-refractivity contribution is 5.78. The van der Waals surface area contributed by atoms with E-state index in [0.717, 1.165) is 25.8 Å². The Morgan fingerprint density at radius 1 is 1.45 bits per heavy atom. The Hall–Kier alpha value is -0.530. The van der Waals surface area contributed by atoms with Crippen molar-refractivity contribution in [2.75, 3.05) is 6.54 Å². The lowest BCUT2D eigenvalue weighted by Crippen LogP contribution is -2.29. The number of hydrogen-bond acceptors (Lipinski definition) is 1. The lowest BCUT2D eigenvalue weighted by molar-refractivity contribution is -0.124. The van der Waals surface area contributed by atoms with Gasteiger partial charge >= 0.3 is 0 Å². The lowest BCUT2D eigenvalue weighted by atomic mass is 10.1. The largest absolute Gasteiger partial charge is 0.356 e. The van der Waals surface area contributed by atoms with E-state index in [9.17, 15) is 4.79 Å². The summed E-state index contributed by atoms with van der Waals surface area (Å²) >= 11 is 0. The van der Waals surface area contributed by atoms with Crippen LogP contribution in [0.15, 0.2) is 0 Å². The van der Waals surface area contributed by atoms with E-state index in [2.05, 4.69) is 12.2 Å². The van der Waals surface area contributed by atoms with Crippen LogP contribution < -0.4 is 5.32 Å². The summed E-state index contributed by atoms with van der Waals surface area (Å²) in [5.74, 6) is 0.617. The monoisotopic (exact) mass is 155 g/mol. The molecule has 1 aliphatic rings. The van der Waals surface area contributed by atoms with E-state index < -0.39 is 0 Å². The molecule has 0 aromatic rings. The van der Waals surface area contributed by atoms with E-state index in [1.54, 1.807) is 0 Å². The number of rotatable bonds is 3. The third-order valence-electron chi connectivity index (χ3n) is 2.28. The molecule has 0 radical (unpaired) electrons. The second-order valence-electron chi connectivity index (χ2n) is 3.27. The summed E-state index contributed by atoms with van der Waals surface area (Å²) in [5, 5.41) is 2.94. The Balaban J connectivity index is 2.17. The zero-order chi connectivity index (χ0) is 8.10. The molecule has 1 saturated carbocycles. The summed E-state index contributed by atoms with van der Waals surface area (Å²) in [4.78, 5) is 11.3. The van der Waals surface area contributed by atoms with Gasteiger partial charge in [0.1, 0.15) is 0 Å². The van der Waals surface area contributed by atoms with Crippen molar-refractivity contribution in [2.45, 2.75) is 39.0 Å². The summed E-state index contributed by atoms with van der Waals surface area (Å²) in [6.07, 6.45) is 5.73. The van der Waals surface area contributed by atoms with Gasteiger partial charge in [-0.3, -0.25) is 4.79 Å². The Kier molecular flexibility index (Phi) is 3.40. The molecule has 0 unspecified atom stereocenters. The van der Waals surface area contributed by atoms with E-state index in [-0.39, 0.29) is 5.91 Å². The summed E-state index contributed by atoms with van der Waals surface area (Å²) in [6.45, 7) is 2.92. The van der Waals surface area contributed by atoms with Gasteiger partial charge in [0, 0.05) is 12.5 Å². The fraction of sp³-hybridized carbons (Fsp3) is 0.889. The second-order valence-corrected chi connectivity index (χ2v) is 3.27. The van der Waals surface area contributed by atoms with Gasteiger partial charge in [-0.1, -0.05) is 19.8 Å². The second kappa shape index (κ2) is 4.37. The minimum absolute atomic E-state index is 0.282. The molecule has 2 nitrogen and oxygen atoms in total. The first-order chi connectivity index (χ1) is 5.34. The standard InChI is InChI=1S/C9H17NO/c1-2-7-10-9(11)8-5-3-4-6-8/h8H,2-7H2,1H3,(H,10,11). The minimum atomic E-state index is 0.282. The van der Waals surface area contributed by atoms with Gasteiger partial charge in [-0.2, -0.15) is 0 Å². The molecule has 1 rings (SSSR count). The molecular weight excluding hydrogens is 138 g/mol. The Morgan fingerprint density at radius 2 is 2.09 bits per heavy atom. The molecule has 1 fully saturated rings. The minimum Gasteiger partial charge on any atom is -0.356 e. The summed E-state index contributed by atoms with van der Waals surface area (Å²) in [6, 6.07) is 0. The van der Waals surface area contributed by atoms with E-state index >= 15 is 0 Å². The Morgan fingerprint density at radius 3 is 2.64 bits per heavy atom. The van der Waals surface area contributed by atoms with Crippen molar-refractivity contribution in [1.82, 2.24) is 5.32 Å². The van der Waals surface area contributed by atoms with Crippen LogP contribution in [0.1, 0.15) is 39.0 Å². The number of hydrogen-bond donors (Lipinski definition) is 1. The summed E-state index contributed by atoms with van der Waals surface area (Å²) in [7, 11) is 0. The smallest absolute Gasteiger partial charge is 0.223 e. The lowest BCUT2D eigenvalue weighted by Gasteiger charge is -2.08. The SMILES string of the molecule is CCCNC(=O)C1CCCC1. The van der Waals surface area contributed by atoms with E-state index in [0.29, 0.717) is 5.92 Å². The van der Waals surface area contributed by atoms with E-state index in [1.165, 1.54) is 12.8 Å². The first-order valence-electron chi connectivity index (χ1n) is 4.62. The van der Waals surface area contributed by atoms with Crippen molar-refractivity contribution >= 4 is 5.91 Å². The average Bonchev–Trinajstić information content (AvgIpc) is 2.52. The van der Waals surface area contributed by atoms with Crippen LogP contribution in [0, 0.1) is 5.92 Å². The van der Waals surface area contributed by atoms with Crippen LogP contribution in [-0.2, 0) is 4.79 Å². The van der Waals surface area contributed by atoms with Crippen molar-refractivity contribution in [3.05, 3.63) is 0 Å². The van der Waals surface area contributed by atoms with Gasteiger partial charge in [-0.05, 0) is 19.3 Å². The van der Waals surface area contributed by atoms with Crippen LogP contribution in [0.3, 0.4) is 0 Å². The van der Waals surface area contributed by atoms with Crippen molar-refractivity contribution in [3.8, 4) is 0 Å². The molecule has 0 atom stereocenters. The fourth-order valence-electron chi connectivity index (χ4n) is 1.58. The molecule has 0 spiro atoms. The van der Waals surface area contributed by atoms with Crippen LogP contribution in [-0.4, -0.2) is 12.5 Å². The van der Waals surface area contributed by atoms with Crippen LogP contribution in [0.2, 0.25) is 0 Å². The van der Waals surface area contributed by atoms with Gasteiger partial charge in [-0.25, -0.2) is 0 Å². The van der Waals surface area contributed by atoms with Crippen LogP contribution in [0.4, 0.5) is 0 Å². The molecule has 1 amide bonds. The summed E-state index contributed by atoms with van der Waals surface area (Å²) in [5.41, 5.74) is 0. The maximum atomic E-state index is 11.3. The average molecular weight is 155 g/mol. The molecule has 0 heterocycles. The van der Waals surface area contributed by atoms with Gasteiger partial charge < -0.3 is 5.32 Å². The third-order valence-corrected chi connectivity index (χ3v) is 2.28. The molecule has 0 saturated heterocycles. The molecule has 0 bridgehead atoms. The molecule has 11 heavy (non-hydrogen) atoms. The topological polar surface area (TPSA) is 29.1 Å². The number of carbonyl (C=O) groups is 1. The first-order valence-corrected chi connectivity index (χ1v) is 4.62. The van der Waals surface area contributed by atoms with Crippen molar-refractivity contribution in [1.29, 1.82) is 0 Å². The number of nitrogens with one attached hydrogen (secondary N) is 1. The highest BCUT2D eigenvalue weighted by atomic mass is 16.1. The van der Waals surface area contributed by atoms with Gasteiger partial charge in [0.05, 0.1) is 0 Å². The highest BCUT2D eigenvalue weighted by Gasteiger charge is 2.21. The third kappa shape index (κ3) is 2.52. The molecule has 2 heteroatoms. The van der Waals surface area contributed by atoms with Crippen LogP contribution in [0.5, 0.6) is 0 Å². The van der Waals surface area contributed by atoms with Crippen LogP contribution >= 0.6 is 0 Å². The molecule has 0 aliphatic heterocycles. The quantitative estimate of drug-likeness (QED) is 0.660. The van der Waals surface area contributed by atoms with Crippen molar-refractivity contribution < 1.29 is 4.79 Å². The first kappa shape index (κ1) is 8.57. The molecule has 0 aromatic carbocycles. The van der Waals surface area contributed by atoms with Crippen molar-refractivity contribution in [3.63, 3.8) is 0 Å². The van der Waals surface area contributed by atoms with E-state index in [1.807, 2.05) is 0 Å². The maximum Gasteiger partial charge on any atom is 0.223 e. The molecule has 1 N–H and O–H groups in total. The maximum absolute atomic E-state index is 11.3. The van der Waals surface area contributed by atoms with Gasteiger partial charge in [0.2, 0.25) is 5.91 Å². The predicted octanol–water partition coefficient (Wildman–Crippen LogP) is 1.70. The molecule has 64 valence electrons. The Bertz CT molecular complexity index is 128. The van der Waals surface area contributed by atoms with Crippen molar-refractivity contribution in [2.24, 2.45) is 5.92 Å². The predicted molar refractivity (Wildman–Crippen MR) is 45.3 cm³/mol. The molecule has 1 aliphatic carbocycles. The Labute approximate surface area is 68.4 Å². The molecular formula is C9H17NO. The zero-order valence-corrected chi connectivity index (χ0v) is 7.23. The zero-order valence-electron chi connectivity index (χ0n) is 7.23. The van der Waals surface area contributed by atoms with Gasteiger partial charge in [0.25, 0.3) is 0 Å². The summed E-state index contributed by atoms with van der Waals surface area (Å²) < 4.78 is 0. The van der Waals surface area contributed by atoms with E-state index in [4.69, 9.17) is 0 Å². The van der Waals surface area contributed by atoms with Gasteiger partial charge in [-0.15, -0.1) is 0 Å². The highest BCUT2D eigenvalue weighted by Crippen LogP contribution is 2.24. The molecule has 0 aromatic heterocycles. The normalized spacial score (nSPS) is 18.6. The number of amides is 1. The van der Waals surface area contributed by atoms with Crippen LogP contribution in [0.25, 0.3) is 0 Å². The van der Waals surface area contributed by atoms with Gasteiger partial charge in [0.15, 0.2) is 0 Å². The fourth-order valence-corrected chi connectivity index (χ4v) is 1.58.